The number of hydrogen-bond acceptors (Lipinski definition) is 5. The summed E-state index contributed by atoms with van der Waals surface area (Å²) in [4.78, 5) is 44.4. The number of nitriles is 1. The number of aromatic nitrogens is 1. The number of nitrogens with zero attached hydrogens (tertiary/aromatic N) is 2. The van der Waals surface area contributed by atoms with Crippen molar-refractivity contribution in [3.8, 4) is 11.8 Å². The molecule has 3 fully saturated rings. The van der Waals surface area contributed by atoms with Crippen LogP contribution in [0.2, 0.25) is 0 Å². The van der Waals surface area contributed by atoms with Gasteiger partial charge in [-0.15, -0.1) is 0 Å². The third-order valence-corrected chi connectivity index (χ3v) is 8.71. The molecule has 2 aromatic rings. The molecule has 0 spiro atoms. The Bertz CT molecular complexity index is 1210. The van der Waals surface area contributed by atoms with E-state index in [2.05, 4.69) is 16.4 Å². The van der Waals surface area contributed by atoms with Gasteiger partial charge in [0.15, 0.2) is 0 Å². The van der Waals surface area contributed by atoms with Crippen molar-refractivity contribution in [1.29, 1.82) is 5.26 Å². The molecule has 1 saturated heterocycles. The van der Waals surface area contributed by atoms with Gasteiger partial charge in [0.1, 0.15) is 29.3 Å². The van der Waals surface area contributed by atoms with Crippen molar-refractivity contribution < 1.29 is 19.1 Å². The molecule has 5 rings (SSSR count). The van der Waals surface area contributed by atoms with E-state index in [1.54, 1.807) is 18.1 Å². The molecule has 0 unspecified atom stereocenters. The molecule has 3 aliphatic rings. The van der Waals surface area contributed by atoms with Gasteiger partial charge >= 0.3 is 0 Å². The number of amides is 2. The maximum atomic E-state index is 13.8. The van der Waals surface area contributed by atoms with Crippen LogP contribution in [0, 0.1) is 29.1 Å². The summed E-state index contributed by atoms with van der Waals surface area (Å²) in [5.74, 6) is 0.959. The van der Waals surface area contributed by atoms with Gasteiger partial charge in [0, 0.05) is 29.8 Å². The first kappa shape index (κ1) is 25.3. The van der Waals surface area contributed by atoms with Gasteiger partial charge in [-0.2, -0.15) is 5.26 Å². The Balaban J connectivity index is 1.37. The average Bonchev–Trinajstić information content (AvgIpc) is 3.66. The number of ketones is 1. The van der Waals surface area contributed by atoms with Crippen LogP contribution in [-0.2, 0) is 9.59 Å². The highest BCUT2D eigenvalue weighted by Crippen LogP contribution is 2.38. The van der Waals surface area contributed by atoms with E-state index in [0.717, 1.165) is 36.6 Å². The molecule has 2 N–H and O–H groups in total. The van der Waals surface area contributed by atoms with E-state index in [9.17, 15) is 19.6 Å². The number of H-pyrrole nitrogens is 1. The van der Waals surface area contributed by atoms with Crippen LogP contribution in [0.25, 0.3) is 10.9 Å². The van der Waals surface area contributed by atoms with E-state index in [0.29, 0.717) is 43.2 Å². The van der Waals surface area contributed by atoms with Crippen molar-refractivity contribution in [2.24, 2.45) is 17.8 Å². The number of ether oxygens (including phenoxy) is 1. The topological polar surface area (TPSA) is 115 Å². The van der Waals surface area contributed by atoms with Crippen LogP contribution < -0.4 is 10.1 Å². The SMILES string of the molecule is COc1cccc2[nH]c(C(=O)N3C[C@H](C4CCCCC4)C[C@H]3C(=O)N[C@H](C#N)C[C@@H]3CCCC3=O)cc12. The highest BCUT2D eigenvalue weighted by atomic mass is 16.5. The van der Waals surface area contributed by atoms with Crippen molar-refractivity contribution in [2.45, 2.75) is 76.3 Å². The molecule has 1 aromatic carbocycles. The molecule has 2 saturated carbocycles. The van der Waals surface area contributed by atoms with Gasteiger partial charge < -0.3 is 19.9 Å². The first-order valence-corrected chi connectivity index (χ1v) is 13.7. The number of benzene rings is 1. The summed E-state index contributed by atoms with van der Waals surface area (Å²) in [5.41, 5.74) is 1.23. The van der Waals surface area contributed by atoms with Gasteiger partial charge in [0.05, 0.1) is 13.2 Å². The number of hydrogen-bond donors (Lipinski definition) is 2. The Kier molecular flexibility index (Phi) is 7.50. The zero-order valence-electron chi connectivity index (χ0n) is 21.5. The number of carbonyl (C=O) groups is 3. The van der Waals surface area contributed by atoms with E-state index >= 15 is 0 Å². The maximum absolute atomic E-state index is 13.8. The number of likely N-dealkylation sites (tertiary alicyclic amines) is 1. The second-order valence-corrected chi connectivity index (χ2v) is 11.0. The van der Waals surface area contributed by atoms with Crippen molar-refractivity contribution in [2.75, 3.05) is 13.7 Å². The highest BCUT2D eigenvalue weighted by molar-refractivity contribution is 6.01. The second-order valence-electron chi connectivity index (χ2n) is 11.0. The summed E-state index contributed by atoms with van der Waals surface area (Å²) in [5, 5.41) is 13.4. The van der Waals surface area contributed by atoms with E-state index in [1.165, 1.54) is 19.3 Å². The number of methoxy groups -OCH3 is 1. The fourth-order valence-electron chi connectivity index (χ4n) is 6.70. The predicted octanol–water partition coefficient (Wildman–Crippen LogP) is 4.36. The summed E-state index contributed by atoms with van der Waals surface area (Å²) >= 11 is 0. The molecule has 8 heteroatoms. The van der Waals surface area contributed by atoms with Gasteiger partial charge in [-0.1, -0.05) is 38.2 Å². The van der Waals surface area contributed by atoms with Crippen LogP contribution in [-0.4, -0.2) is 53.2 Å². The van der Waals surface area contributed by atoms with Crippen LogP contribution in [0.3, 0.4) is 0 Å². The second kappa shape index (κ2) is 11.0. The zero-order chi connectivity index (χ0) is 25.9. The van der Waals surface area contributed by atoms with Gasteiger partial charge in [-0.25, -0.2) is 0 Å². The third-order valence-electron chi connectivity index (χ3n) is 8.71. The maximum Gasteiger partial charge on any atom is 0.270 e. The van der Waals surface area contributed by atoms with E-state index in [4.69, 9.17) is 4.74 Å². The fraction of sp³-hybridized carbons (Fsp3) is 0.586. The molecule has 2 heterocycles. The number of nitrogens with one attached hydrogen (secondary N) is 2. The Morgan fingerprint density at radius 1 is 1.19 bits per heavy atom. The first-order valence-electron chi connectivity index (χ1n) is 13.7. The van der Waals surface area contributed by atoms with Crippen LogP contribution in [0.15, 0.2) is 24.3 Å². The first-order chi connectivity index (χ1) is 18.0. The Morgan fingerprint density at radius 2 is 2.00 bits per heavy atom. The molecule has 1 aliphatic heterocycles. The van der Waals surface area contributed by atoms with E-state index in [1.807, 2.05) is 18.2 Å². The number of rotatable bonds is 7. The number of carbonyl (C=O) groups excluding carboxylic acids is 3. The summed E-state index contributed by atoms with van der Waals surface area (Å²) < 4.78 is 5.46. The largest absolute Gasteiger partial charge is 0.496 e. The van der Waals surface area contributed by atoms with Gasteiger partial charge in [-0.3, -0.25) is 14.4 Å². The lowest BCUT2D eigenvalue weighted by molar-refractivity contribution is -0.126. The number of aromatic amines is 1. The number of Topliss-reactive ketones (excluding diaryl/α,β-unsaturated/α-hetero) is 1. The Hall–Kier alpha value is -3.34. The fourth-order valence-corrected chi connectivity index (χ4v) is 6.70. The normalized spacial score (nSPS) is 25.2. The molecular weight excluding hydrogens is 468 g/mol. The predicted molar refractivity (Wildman–Crippen MR) is 139 cm³/mol. The minimum Gasteiger partial charge on any atom is -0.496 e. The van der Waals surface area contributed by atoms with Gasteiger partial charge in [0.25, 0.3) is 5.91 Å². The minimum atomic E-state index is -0.734. The van der Waals surface area contributed by atoms with Gasteiger partial charge in [0.2, 0.25) is 5.91 Å². The molecule has 37 heavy (non-hydrogen) atoms. The third kappa shape index (κ3) is 5.22. The van der Waals surface area contributed by atoms with Crippen LogP contribution >= 0.6 is 0 Å². The Morgan fingerprint density at radius 3 is 2.70 bits per heavy atom. The highest BCUT2D eigenvalue weighted by Gasteiger charge is 2.43. The smallest absolute Gasteiger partial charge is 0.270 e. The quantitative estimate of drug-likeness (QED) is 0.582. The van der Waals surface area contributed by atoms with E-state index in [-0.39, 0.29) is 29.4 Å². The minimum absolute atomic E-state index is 0.164. The van der Waals surface area contributed by atoms with Crippen molar-refractivity contribution in [3.05, 3.63) is 30.0 Å². The summed E-state index contributed by atoms with van der Waals surface area (Å²) in [6.45, 7) is 0.534. The van der Waals surface area contributed by atoms with Crippen molar-refractivity contribution in [1.82, 2.24) is 15.2 Å². The lowest BCUT2D eigenvalue weighted by atomic mass is 9.79. The standard InChI is InChI=1S/C29H36N4O4/c1-37-27-12-6-10-23-22(27)15-24(32-23)29(36)33-17-20(18-7-3-2-4-8-18)14-25(33)28(35)31-21(16-30)13-19-9-5-11-26(19)34/h6,10,12,15,18-21,25,32H,2-5,7-9,11,13-14,17H2,1H3,(H,31,35)/t19-,20+,21-,25-/m0/s1. The lowest BCUT2D eigenvalue weighted by Crippen LogP contribution is -2.49. The Labute approximate surface area is 217 Å². The molecule has 4 atom stereocenters. The van der Waals surface area contributed by atoms with Crippen LogP contribution in [0.1, 0.15) is 74.7 Å². The van der Waals surface area contributed by atoms with E-state index < -0.39 is 12.1 Å². The summed E-state index contributed by atoms with van der Waals surface area (Å²) in [7, 11) is 1.60. The molecule has 2 amide bonds. The molecule has 8 nitrogen and oxygen atoms in total. The average molecular weight is 505 g/mol. The molecule has 0 radical (unpaired) electrons. The molecule has 1 aromatic heterocycles. The van der Waals surface area contributed by atoms with Crippen molar-refractivity contribution >= 4 is 28.5 Å². The van der Waals surface area contributed by atoms with Crippen LogP contribution in [0.5, 0.6) is 5.75 Å². The molecular formula is C29H36N4O4. The monoisotopic (exact) mass is 504 g/mol. The van der Waals surface area contributed by atoms with Crippen LogP contribution in [0.4, 0.5) is 0 Å². The summed E-state index contributed by atoms with van der Waals surface area (Å²) in [6.07, 6.45) is 9.02. The van der Waals surface area contributed by atoms with Crippen molar-refractivity contribution in [3.63, 3.8) is 0 Å². The molecule has 2 aliphatic carbocycles. The lowest BCUT2D eigenvalue weighted by Gasteiger charge is -2.27. The summed E-state index contributed by atoms with van der Waals surface area (Å²) in [6, 6.07) is 8.22. The molecule has 0 bridgehead atoms. The number of fused-ring (bicyclic) bond motifs is 1. The molecule has 196 valence electrons. The zero-order valence-corrected chi connectivity index (χ0v) is 21.5. The van der Waals surface area contributed by atoms with Gasteiger partial charge in [-0.05, 0) is 55.7 Å².